The Labute approximate surface area is 146 Å². The zero-order valence-electron chi connectivity index (χ0n) is 13.8. The molecule has 2 aromatic carbocycles. The molecule has 25 heavy (non-hydrogen) atoms. The van der Waals surface area contributed by atoms with Crippen molar-refractivity contribution in [2.75, 3.05) is 19.4 Å². The molecule has 0 aliphatic heterocycles. The monoisotopic (exact) mass is 361 g/mol. The Kier molecular flexibility index (Phi) is 6.30. The fourth-order valence-corrected chi connectivity index (χ4v) is 3.09. The highest BCUT2D eigenvalue weighted by molar-refractivity contribution is 7.90. The van der Waals surface area contributed by atoms with E-state index in [1.54, 1.807) is 0 Å². The number of hydrogen-bond donors (Lipinski definition) is 1. The standard InChI is InChI=1S/C18H19NO5S/c1-25(22,23)16-10-6-5-9-15(16)18(21)24-13-17(20)19-12-11-14-7-3-2-4-8-14/h2-10H,11-13H2,1H3,(H,19,20). The SMILES string of the molecule is CS(=O)(=O)c1ccccc1C(=O)OCC(=O)NCCc1ccccc1. The maximum Gasteiger partial charge on any atom is 0.339 e. The number of rotatable bonds is 7. The van der Waals surface area contributed by atoms with Crippen LogP contribution >= 0.6 is 0 Å². The summed E-state index contributed by atoms with van der Waals surface area (Å²) in [6, 6.07) is 15.4. The quantitative estimate of drug-likeness (QED) is 0.757. The van der Waals surface area contributed by atoms with Crippen molar-refractivity contribution in [2.45, 2.75) is 11.3 Å². The van der Waals surface area contributed by atoms with Crippen molar-refractivity contribution in [3.63, 3.8) is 0 Å². The largest absolute Gasteiger partial charge is 0.452 e. The summed E-state index contributed by atoms with van der Waals surface area (Å²) in [5.74, 6) is -1.29. The Morgan fingerprint density at radius 2 is 1.64 bits per heavy atom. The number of ether oxygens (including phenoxy) is 1. The normalized spacial score (nSPS) is 10.9. The number of hydrogen-bond acceptors (Lipinski definition) is 5. The van der Waals surface area contributed by atoms with Gasteiger partial charge in [-0.25, -0.2) is 13.2 Å². The van der Waals surface area contributed by atoms with Gasteiger partial charge in [0.2, 0.25) is 0 Å². The Bertz CT molecular complexity index is 847. The zero-order valence-corrected chi connectivity index (χ0v) is 14.6. The fourth-order valence-electron chi connectivity index (χ4n) is 2.21. The van der Waals surface area contributed by atoms with Gasteiger partial charge in [0, 0.05) is 12.8 Å². The summed E-state index contributed by atoms with van der Waals surface area (Å²) in [5.41, 5.74) is 1.00. The maximum absolute atomic E-state index is 12.0. The van der Waals surface area contributed by atoms with Crippen LogP contribution in [0.5, 0.6) is 0 Å². The van der Waals surface area contributed by atoms with Crippen LogP contribution in [0.1, 0.15) is 15.9 Å². The van der Waals surface area contributed by atoms with Crippen molar-refractivity contribution in [3.05, 3.63) is 65.7 Å². The Morgan fingerprint density at radius 1 is 1.00 bits per heavy atom. The third-order valence-corrected chi connectivity index (χ3v) is 4.57. The summed E-state index contributed by atoms with van der Waals surface area (Å²) in [5, 5.41) is 2.65. The van der Waals surface area contributed by atoms with E-state index in [1.165, 1.54) is 24.3 Å². The summed E-state index contributed by atoms with van der Waals surface area (Å²) in [4.78, 5) is 23.7. The molecule has 0 aliphatic carbocycles. The van der Waals surface area contributed by atoms with Crippen LogP contribution in [-0.4, -0.2) is 39.7 Å². The smallest absolute Gasteiger partial charge is 0.339 e. The van der Waals surface area contributed by atoms with Crippen LogP contribution in [0, 0.1) is 0 Å². The maximum atomic E-state index is 12.0. The van der Waals surface area contributed by atoms with Gasteiger partial charge in [-0.1, -0.05) is 42.5 Å². The number of carbonyl (C=O) groups excluding carboxylic acids is 2. The summed E-state index contributed by atoms with van der Waals surface area (Å²) in [6.45, 7) is -0.0496. The molecule has 1 amide bonds. The lowest BCUT2D eigenvalue weighted by Gasteiger charge is -2.09. The van der Waals surface area contributed by atoms with Gasteiger partial charge in [0.25, 0.3) is 5.91 Å². The highest BCUT2D eigenvalue weighted by Crippen LogP contribution is 2.16. The highest BCUT2D eigenvalue weighted by Gasteiger charge is 2.19. The predicted molar refractivity (Wildman–Crippen MR) is 93.0 cm³/mol. The van der Waals surface area contributed by atoms with Gasteiger partial charge in [-0.3, -0.25) is 4.79 Å². The molecule has 1 N–H and O–H groups in total. The van der Waals surface area contributed by atoms with Crippen molar-refractivity contribution in [1.29, 1.82) is 0 Å². The van der Waals surface area contributed by atoms with Crippen LogP contribution < -0.4 is 5.32 Å². The minimum Gasteiger partial charge on any atom is -0.452 e. The van der Waals surface area contributed by atoms with Crippen molar-refractivity contribution < 1.29 is 22.7 Å². The number of amides is 1. The molecule has 0 heterocycles. The molecule has 2 aromatic rings. The molecule has 6 nitrogen and oxygen atoms in total. The molecule has 0 radical (unpaired) electrons. The zero-order chi connectivity index (χ0) is 18.3. The molecule has 0 fully saturated rings. The summed E-state index contributed by atoms with van der Waals surface area (Å²) in [7, 11) is -3.56. The molecule has 0 aliphatic rings. The molecule has 0 saturated heterocycles. The first-order valence-electron chi connectivity index (χ1n) is 7.65. The third kappa shape index (κ3) is 5.72. The molecule has 0 atom stereocenters. The lowest BCUT2D eigenvalue weighted by Crippen LogP contribution is -2.30. The number of carbonyl (C=O) groups is 2. The molecular formula is C18H19NO5S. The van der Waals surface area contributed by atoms with Gasteiger partial charge in [0.1, 0.15) is 0 Å². The molecule has 0 saturated carbocycles. The van der Waals surface area contributed by atoms with Crippen LogP contribution in [0.4, 0.5) is 0 Å². The van der Waals surface area contributed by atoms with E-state index in [-0.39, 0.29) is 10.5 Å². The molecule has 0 bridgehead atoms. The summed E-state index contributed by atoms with van der Waals surface area (Å²) >= 11 is 0. The van der Waals surface area contributed by atoms with Gasteiger partial charge in [-0.2, -0.15) is 0 Å². The second-order valence-corrected chi connectivity index (χ2v) is 7.41. The van der Waals surface area contributed by atoms with Crippen LogP contribution in [0.2, 0.25) is 0 Å². The van der Waals surface area contributed by atoms with E-state index in [2.05, 4.69) is 5.32 Å². The van der Waals surface area contributed by atoms with Gasteiger partial charge in [0.05, 0.1) is 10.5 Å². The van der Waals surface area contributed by atoms with Crippen molar-refractivity contribution >= 4 is 21.7 Å². The summed E-state index contributed by atoms with van der Waals surface area (Å²) < 4.78 is 28.3. The van der Waals surface area contributed by atoms with Crippen molar-refractivity contribution in [3.8, 4) is 0 Å². The van der Waals surface area contributed by atoms with Gasteiger partial charge in [-0.05, 0) is 24.1 Å². The van der Waals surface area contributed by atoms with Crippen LogP contribution in [0.15, 0.2) is 59.5 Å². The van der Waals surface area contributed by atoms with E-state index in [9.17, 15) is 18.0 Å². The fraction of sp³-hybridized carbons (Fsp3) is 0.222. The second-order valence-electron chi connectivity index (χ2n) is 5.43. The van der Waals surface area contributed by atoms with Gasteiger partial charge >= 0.3 is 5.97 Å². The number of benzene rings is 2. The van der Waals surface area contributed by atoms with Gasteiger partial charge in [-0.15, -0.1) is 0 Å². The second kappa shape index (κ2) is 8.43. The van der Waals surface area contributed by atoms with E-state index >= 15 is 0 Å². The van der Waals surface area contributed by atoms with Crippen LogP contribution in [0.25, 0.3) is 0 Å². The molecule has 0 spiro atoms. The average Bonchev–Trinajstić information content (AvgIpc) is 2.60. The van der Waals surface area contributed by atoms with Crippen LogP contribution in [-0.2, 0) is 25.8 Å². The minimum atomic E-state index is -3.56. The molecule has 0 unspecified atom stereocenters. The highest BCUT2D eigenvalue weighted by atomic mass is 32.2. The first kappa shape index (κ1) is 18.7. The Hall–Kier alpha value is -2.67. The first-order valence-corrected chi connectivity index (χ1v) is 9.54. The van der Waals surface area contributed by atoms with Crippen molar-refractivity contribution in [2.24, 2.45) is 0 Å². The molecule has 132 valence electrons. The van der Waals surface area contributed by atoms with Gasteiger partial charge < -0.3 is 10.1 Å². The minimum absolute atomic E-state index is 0.0814. The molecule has 2 rings (SSSR count). The Balaban J connectivity index is 1.85. The van der Waals surface area contributed by atoms with E-state index in [0.29, 0.717) is 13.0 Å². The van der Waals surface area contributed by atoms with E-state index < -0.39 is 28.3 Å². The topological polar surface area (TPSA) is 89.5 Å². The number of esters is 1. The third-order valence-electron chi connectivity index (χ3n) is 3.42. The van der Waals surface area contributed by atoms with Crippen LogP contribution in [0.3, 0.4) is 0 Å². The number of nitrogens with one attached hydrogen (secondary N) is 1. The lowest BCUT2D eigenvalue weighted by atomic mass is 10.1. The van der Waals surface area contributed by atoms with E-state index in [0.717, 1.165) is 11.8 Å². The average molecular weight is 361 g/mol. The van der Waals surface area contributed by atoms with E-state index in [1.807, 2.05) is 30.3 Å². The molecule has 0 aromatic heterocycles. The van der Waals surface area contributed by atoms with Crippen molar-refractivity contribution in [1.82, 2.24) is 5.32 Å². The predicted octanol–water partition coefficient (Wildman–Crippen LogP) is 1.61. The lowest BCUT2D eigenvalue weighted by molar-refractivity contribution is -0.124. The van der Waals surface area contributed by atoms with E-state index in [4.69, 9.17) is 4.74 Å². The molecule has 7 heteroatoms. The Morgan fingerprint density at radius 3 is 2.32 bits per heavy atom. The summed E-state index contributed by atoms with van der Waals surface area (Å²) in [6.07, 6.45) is 1.67. The van der Waals surface area contributed by atoms with Gasteiger partial charge in [0.15, 0.2) is 16.4 Å². The molecular weight excluding hydrogens is 342 g/mol. The number of sulfone groups is 1. The first-order chi connectivity index (χ1) is 11.9.